The number of nitrogens with two attached hydrogens (primary N) is 2. The fourth-order valence-electron chi connectivity index (χ4n) is 1.75. The summed E-state index contributed by atoms with van der Waals surface area (Å²) in [5.41, 5.74) is 13.8. The van der Waals surface area contributed by atoms with Gasteiger partial charge in [0.15, 0.2) is 5.13 Å². The Morgan fingerprint density at radius 1 is 1.47 bits per heavy atom. The number of anilines is 3. The number of primary amides is 1. The van der Waals surface area contributed by atoms with Gasteiger partial charge in [-0.1, -0.05) is 6.92 Å². The Hall–Kier alpha value is -2.08. The number of thiazole rings is 1. The van der Waals surface area contributed by atoms with E-state index in [4.69, 9.17) is 11.5 Å². The summed E-state index contributed by atoms with van der Waals surface area (Å²) in [6.45, 7) is 4.11. The molecule has 0 saturated carbocycles. The van der Waals surface area contributed by atoms with Gasteiger partial charge in [-0.25, -0.2) is 4.98 Å². The van der Waals surface area contributed by atoms with Crippen molar-refractivity contribution in [3.05, 3.63) is 34.3 Å². The smallest absolute Gasteiger partial charge is 0.248 e. The van der Waals surface area contributed by atoms with Crippen LogP contribution < -0.4 is 16.8 Å². The van der Waals surface area contributed by atoms with Crippen LogP contribution in [0.5, 0.6) is 0 Å². The molecule has 0 saturated heterocycles. The van der Waals surface area contributed by atoms with Crippen molar-refractivity contribution < 1.29 is 4.79 Å². The first-order valence-corrected chi connectivity index (χ1v) is 6.75. The maximum absolute atomic E-state index is 11.0. The molecule has 0 bridgehead atoms. The fraction of sp³-hybridized carbons (Fsp3) is 0.231. The van der Waals surface area contributed by atoms with Crippen molar-refractivity contribution >= 4 is 33.8 Å². The van der Waals surface area contributed by atoms with Crippen molar-refractivity contribution in [3.63, 3.8) is 0 Å². The van der Waals surface area contributed by atoms with E-state index in [0.29, 0.717) is 11.3 Å². The van der Waals surface area contributed by atoms with E-state index in [9.17, 15) is 4.79 Å². The van der Waals surface area contributed by atoms with Crippen LogP contribution in [0.3, 0.4) is 0 Å². The first kappa shape index (κ1) is 13.4. The molecule has 0 spiro atoms. The second-order valence-electron chi connectivity index (χ2n) is 4.17. The van der Waals surface area contributed by atoms with Crippen LogP contribution in [0.1, 0.15) is 27.9 Å². The number of amides is 1. The SMILES string of the molecule is CCc1nc(Nc2ccc(C(N)=O)cc2N)sc1C. The van der Waals surface area contributed by atoms with Crippen molar-refractivity contribution in [1.29, 1.82) is 0 Å². The maximum Gasteiger partial charge on any atom is 0.248 e. The monoisotopic (exact) mass is 276 g/mol. The molecule has 100 valence electrons. The van der Waals surface area contributed by atoms with Crippen LogP contribution in [-0.2, 0) is 6.42 Å². The number of carbonyl (C=O) groups is 1. The van der Waals surface area contributed by atoms with Crippen LogP contribution in [0.25, 0.3) is 0 Å². The van der Waals surface area contributed by atoms with Crippen LogP contribution in [0.15, 0.2) is 18.2 Å². The number of benzene rings is 1. The molecule has 1 aromatic heterocycles. The summed E-state index contributed by atoms with van der Waals surface area (Å²) in [5.74, 6) is -0.489. The van der Waals surface area contributed by atoms with Crippen molar-refractivity contribution in [2.24, 2.45) is 5.73 Å². The molecule has 0 aliphatic rings. The Morgan fingerprint density at radius 3 is 2.74 bits per heavy atom. The van der Waals surface area contributed by atoms with Gasteiger partial charge in [0.2, 0.25) is 5.91 Å². The predicted molar refractivity (Wildman–Crippen MR) is 78.9 cm³/mol. The minimum absolute atomic E-state index is 0.396. The zero-order chi connectivity index (χ0) is 14.0. The van der Waals surface area contributed by atoms with E-state index >= 15 is 0 Å². The highest BCUT2D eigenvalue weighted by atomic mass is 32.1. The molecule has 2 rings (SSSR count). The summed E-state index contributed by atoms with van der Waals surface area (Å²) < 4.78 is 0. The van der Waals surface area contributed by atoms with Crippen LogP contribution >= 0.6 is 11.3 Å². The molecule has 0 unspecified atom stereocenters. The molecule has 0 aliphatic heterocycles. The van der Waals surface area contributed by atoms with Gasteiger partial charge < -0.3 is 16.8 Å². The molecule has 1 aromatic carbocycles. The highest BCUT2D eigenvalue weighted by Gasteiger charge is 2.09. The second-order valence-corrected chi connectivity index (χ2v) is 5.37. The summed E-state index contributed by atoms with van der Waals surface area (Å²) >= 11 is 1.58. The number of hydrogen-bond acceptors (Lipinski definition) is 5. The van der Waals surface area contributed by atoms with Crippen LogP contribution in [-0.4, -0.2) is 10.9 Å². The van der Waals surface area contributed by atoms with E-state index in [0.717, 1.165) is 22.9 Å². The Kier molecular flexibility index (Phi) is 3.71. The fourth-order valence-corrected chi connectivity index (χ4v) is 2.67. The third kappa shape index (κ3) is 2.85. The third-order valence-corrected chi connectivity index (χ3v) is 3.73. The Labute approximate surface area is 115 Å². The third-order valence-electron chi connectivity index (χ3n) is 2.81. The lowest BCUT2D eigenvalue weighted by Gasteiger charge is -2.07. The van der Waals surface area contributed by atoms with E-state index < -0.39 is 5.91 Å². The second kappa shape index (κ2) is 5.27. The van der Waals surface area contributed by atoms with Gasteiger partial charge in [0.1, 0.15) is 0 Å². The van der Waals surface area contributed by atoms with E-state index in [1.807, 2.05) is 6.92 Å². The van der Waals surface area contributed by atoms with Crippen molar-refractivity contribution in [3.8, 4) is 0 Å². The minimum atomic E-state index is -0.489. The summed E-state index contributed by atoms with van der Waals surface area (Å²) in [5, 5.41) is 3.96. The maximum atomic E-state index is 11.0. The zero-order valence-corrected chi connectivity index (χ0v) is 11.7. The molecule has 19 heavy (non-hydrogen) atoms. The molecule has 0 atom stereocenters. The number of hydrogen-bond donors (Lipinski definition) is 3. The van der Waals surface area contributed by atoms with Gasteiger partial charge in [-0.05, 0) is 31.5 Å². The minimum Gasteiger partial charge on any atom is -0.397 e. The summed E-state index contributed by atoms with van der Waals surface area (Å²) in [6, 6.07) is 4.94. The van der Waals surface area contributed by atoms with Crippen molar-refractivity contribution in [2.75, 3.05) is 11.1 Å². The van der Waals surface area contributed by atoms with Crippen molar-refractivity contribution in [1.82, 2.24) is 4.98 Å². The lowest BCUT2D eigenvalue weighted by molar-refractivity contribution is 0.100. The summed E-state index contributed by atoms with van der Waals surface area (Å²) in [6.07, 6.45) is 0.903. The number of aromatic nitrogens is 1. The molecule has 6 heteroatoms. The molecule has 5 N–H and O–H groups in total. The van der Waals surface area contributed by atoms with Gasteiger partial charge in [0, 0.05) is 10.4 Å². The van der Waals surface area contributed by atoms with Gasteiger partial charge in [0.25, 0.3) is 0 Å². The number of nitrogen functional groups attached to an aromatic ring is 1. The summed E-state index contributed by atoms with van der Waals surface area (Å²) in [7, 11) is 0. The number of carbonyl (C=O) groups excluding carboxylic acids is 1. The van der Waals surface area contributed by atoms with Crippen molar-refractivity contribution in [2.45, 2.75) is 20.3 Å². The van der Waals surface area contributed by atoms with Crippen LogP contribution in [0.4, 0.5) is 16.5 Å². The molecule has 0 fully saturated rings. The van der Waals surface area contributed by atoms with Gasteiger partial charge >= 0.3 is 0 Å². The van der Waals surface area contributed by atoms with Gasteiger partial charge in [-0.2, -0.15) is 0 Å². The average molecular weight is 276 g/mol. The first-order chi connectivity index (χ1) is 9.01. The predicted octanol–water partition coefficient (Wildman–Crippen LogP) is 2.44. The van der Waals surface area contributed by atoms with E-state index in [1.54, 1.807) is 29.5 Å². The van der Waals surface area contributed by atoms with Gasteiger partial charge in [0.05, 0.1) is 17.1 Å². The average Bonchev–Trinajstić information content (AvgIpc) is 2.72. The Morgan fingerprint density at radius 2 is 2.21 bits per heavy atom. The van der Waals surface area contributed by atoms with Gasteiger partial charge in [-0.15, -0.1) is 11.3 Å². The highest BCUT2D eigenvalue weighted by molar-refractivity contribution is 7.15. The topological polar surface area (TPSA) is 94.0 Å². The van der Waals surface area contributed by atoms with E-state index in [2.05, 4.69) is 17.2 Å². The van der Waals surface area contributed by atoms with Crippen LogP contribution in [0.2, 0.25) is 0 Å². The van der Waals surface area contributed by atoms with E-state index in [1.165, 1.54) is 4.88 Å². The number of aryl methyl sites for hydroxylation is 2. The zero-order valence-electron chi connectivity index (χ0n) is 10.9. The quantitative estimate of drug-likeness (QED) is 0.747. The Bertz CT molecular complexity index is 621. The standard InChI is InChI=1S/C13H16N4OS/c1-3-10-7(2)19-13(16-10)17-11-5-4-8(12(15)18)6-9(11)14/h4-6H,3,14H2,1-2H3,(H2,15,18)(H,16,17). The van der Waals surface area contributed by atoms with E-state index in [-0.39, 0.29) is 0 Å². The van der Waals surface area contributed by atoms with Crippen LogP contribution in [0, 0.1) is 6.92 Å². The highest BCUT2D eigenvalue weighted by Crippen LogP contribution is 2.28. The molecule has 5 nitrogen and oxygen atoms in total. The normalized spacial score (nSPS) is 10.4. The molecule has 2 aromatic rings. The molecule has 1 heterocycles. The molecular formula is C13H16N4OS. The Balaban J connectivity index is 2.25. The number of rotatable bonds is 4. The number of nitrogens with zero attached hydrogens (tertiary/aromatic N) is 1. The number of nitrogens with one attached hydrogen (secondary N) is 1. The largest absolute Gasteiger partial charge is 0.397 e. The summed E-state index contributed by atoms with van der Waals surface area (Å²) in [4.78, 5) is 16.7. The molecular weight excluding hydrogens is 260 g/mol. The lowest BCUT2D eigenvalue weighted by Crippen LogP contribution is -2.11. The molecule has 0 aliphatic carbocycles. The lowest BCUT2D eigenvalue weighted by atomic mass is 10.1. The first-order valence-electron chi connectivity index (χ1n) is 5.94. The molecule has 0 radical (unpaired) electrons. The van der Waals surface area contributed by atoms with Gasteiger partial charge in [-0.3, -0.25) is 4.79 Å². The molecule has 1 amide bonds.